The van der Waals surface area contributed by atoms with E-state index in [0.29, 0.717) is 5.92 Å². The van der Waals surface area contributed by atoms with Gasteiger partial charge >= 0.3 is 5.97 Å². The SMILES string of the molecule is O=C(O)C(=O)c1ccc(CC2COC2)cc1. The summed E-state index contributed by atoms with van der Waals surface area (Å²) in [5.74, 6) is -1.72. The van der Waals surface area contributed by atoms with Crippen molar-refractivity contribution in [2.24, 2.45) is 5.92 Å². The van der Waals surface area contributed by atoms with Crippen molar-refractivity contribution < 1.29 is 19.4 Å². The summed E-state index contributed by atoms with van der Waals surface area (Å²) >= 11 is 0. The lowest BCUT2D eigenvalue weighted by atomic mass is 9.97. The van der Waals surface area contributed by atoms with Crippen molar-refractivity contribution in [3.63, 3.8) is 0 Å². The fourth-order valence-electron chi connectivity index (χ4n) is 1.65. The molecule has 4 nitrogen and oxygen atoms in total. The molecular formula is C12H12O4. The zero-order valence-corrected chi connectivity index (χ0v) is 8.68. The van der Waals surface area contributed by atoms with Gasteiger partial charge in [-0.1, -0.05) is 24.3 Å². The minimum absolute atomic E-state index is 0.223. The maximum Gasteiger partial charge on any atom is 0.377 e. The summed E-state index contributed by atoms with van der Waals surface area (Å²) in [6.07, 6.45) is 0.918. The number of hydrogen-bond acceptors (Lipinski definition) is 3. The molecule has 0 aliphatic carbocycles. The molecule has 1 saturated heterocycles. The summed E-state index contributed by atoms with van der Waals surface area (Å²) in [7, 11) is 0. The molecule has 1 aliphatic rings. The predicted octanol–water partition coefficient (Wildman–Crippen LogP) is 1.14. The first kappa shape index (κ1) is 10.8. The van der Waals surface area contributed by atoms with Gasteiger partial charge in [0.2, 0.25) is 0 Å². The van der Waals surface area contributed by atoms with Crippen LogP contribution >= 0.6 is 0 Å². The van der Waals surface area contributed by atoms with Crippen LogP contribution in [0.15, 0.2) is 24.3 Å². The van der Waals surface area contributed by atoms with Gasteiger partial charge in [0.25, 0.3) is 5.78 Å². The Morgan fingerprint density at radius 3 is 2.31 bits per heavy atom. The van der Waals surface area contributed by atoms with Gasteiger partial charge in [-0.05, 0) is 12.0 Å². The molecule has 0 radical (unpaired) electrons. The molecule has 1 aromatic rings. The second kappa shape index (κ2) is 4.45. The highest BCUT2D eigenvalue weighted by atomic mass is 16.5. The second-order valence-corrected chi connectivity index (χ2v) is 3.94. The maximum absolute atomic E-state index is 11.1. The van der Waals surface area contributed by atoms with Gasteiger partial charge in [0.1, 0.15) is 0 Å². The molecule has 0 spiro atoms. The van der Waals surface area contributed by atoms with E-state index < -0.39 is 11.8 Å². The monoisotopic (exact) mass is 220 g/mol. The van der Waals surface area contributed by atoms with E-state index in [-0.39, 0.29) is 5.56 Å². The number of aliphatic carboxylic acids is 1. The van der Waals surface area contributed by atoms with Gasteiger partial charge in [0.15, 0.2) is 0 Å². The molecule has 2 rings (SSSR count). The first-order valence-electron chi connectivity index (χ1n) is 5.11. The number of carbonyl (C=O) groups excluding carboxylic acids is 1. The van der Waals surface area contributed by atoms with Crippen molar-refractivity contribution >= 4 is 11.8 Å². The molecule has 0 amide bonds. The summed E-state index contributed by atoms with van der Waals surface area (Å²) in [6, 6.07) is 6.72. The Morgan fingerprint density at radius 1 is 1.25 bits per heavy atom. The molecule has 1 N–H and O–H groups in total. The Balaban J connectivity index is 2.03. The van der Waals surface area contributed by atoms with Gasteiger partial charge in [-0.15, -0.1) is 0 Å². The van der Waals surface area contributed by atoms with Gasteiger partial charge in [0.05, 0.1) is 13.2 Å². The molecule has 0 aromatic heterocycles. The molecule has 84 valence electrons. The Morgan fingerprint density at radius 2 is 1.88 bits per heavy atom. The number of ether oxygens (including phenoxy) is 1. The normalized spacial score (nSPS) is 15.5. The zero-order valence-electron chi connectivity index (χ0n) is 8.68. The van der Waals surface area contributed by atoms with Crippen molar-refractivity contribution in [2.75, 3.05) is 13.2 Å². The van der Waals surface area contributed by atoms with Crippen LogP contribution in [0.5, 0.6) is 0 Å². The summed E-state index contributed by atoms with van der Waals surface area (Å²) < 4.78 is 5.07. The fourth-order valence-corrected chi connectivity index (χ4v) is 1.65. The average molecular weight is 220 g/mol. The molecule has 1 fully saturated rings. The highest BCUT2D eigenvalue weighted by Gasteiger charge is 2.19. The highest BCUT2D eigenvalue weighted by Crippen LogP contribution is 2.17. The largest absolute Gasteiger partial charge is 0.475 e. The van der Waals surface area contributed by atoms with Crippen LogP contribution in [0.1, 0.15) is 15.9 Å². The van der Waals surface area contributed by atoms with Crippen molar-refractivity contribution in [1.82, 2.24) is 0 Å². The minimum atomic E-state index is -1.42. The van der Waals surface area contributed by atoms with E-state index >= 15 is 0 Å². The van der Waals surface area contributed by atoms with Crippen molar-refractivity contribution in [1.29, 1.82) is 0 Å². The van der Waals surface area contributed by atoms with Crippen LogP contribution in [0, 0.1) is 5.92 Å². The summed E-state index contributed by atoms with van der Waals surface area (Å²) in [5, 5.41) is 8.53. The van der Waals surface area contributed by atoms with E-state index in [9.17, 15) is 9.59 Å². The Labute approximate surface area is 92.8 Å². The Hall–Kier alpha value is -1.68. The van der Waals surface area contributed by atoms with Crippen LogP contribution in [0.4, 0.5) is 0 Å². The molecule has 0 saturated carbocycles. The molecule has 16 heavy (non-hydrogen) atoms. The van der Waals surface area contributed by atoms with Gasteiger partial charge in [-0.3, -0.25) is 4.79 Å². The van der Waals surface area contributed by atoms with E-state index in [1.165, 1.54) is 0 Å². The Bertz CT molecular complexity index is 404. The van der Waals surface area contributed by atoms with Gasteiger partial charge < -0.3 is 9.84 Å². The van der Waals surface area contributed by atoms with Crippen LogP contribution in [0.2, 0.25) is 0 Å². The van der Waals surface area contributed by atoms with Crippen molar-refractivity contribution in [3.8, 4) is 0 Å². The standard InChI is InChI=1S/C12H12O4/c13-11(12(14)15)10-3-1-8(2-4-10)5-9-6-16-7-9/h1-4,9H,5-7H2,(H,14,15). The van der Waals surface area contributed by atoms with E-state index in [1.807, 2.05) is 0 Å². The topological polar surface area (TPSA) is 63.6 Å². The van der Waals surface area contributed by atoms with Crippen molar-refractivity contribution in [3.05, 3.63) is 35.4 Å². The second-order valence-electron chi connectivity index (χ2n) is 3.94. The summed E-state index contributed by atoms with van der Waals surface area (Å²) in [6.45, 7) is 1.58. The zero-order chi connectivity index (χ0) is 11.5. The maximum atomic E-state index is 11.1. The number of rotatable bonds is 4. The third kappa shape index (κ3) is 2.28. The van der Waals surface area contributed by atoms with Gasteiger partial charge in [-0.2, -0.15) is 0 Å². The predicted molar refractivity (Wildman–Crippen MR) is 56.4 cm³/mol. The first-order chi connectivity index (χ1) is 7.66. The fraction of sp³-hybridized carbons (Fsp3) is 0.333. The molecule has 1 aliphatic heterocycles. The molecule has 0 bridgehead atoms. The number of carboxylic acids is 1. The quantitative estimate of drug-likeness (QED) is 0.610. The average Bonchev–Trinajstić information content (AvgIpc) is 2.23. The number of carbonyl (C=O) groups is 2. The third-order valence-corrected chi connectivity index (χ3v) is 2.64. The molecular weight excluding hydrogens is 208 g/mol. The Kier molecular flexibility index (Phi) is 3.01. The lowest BCUT2D eigenvalue weighted by Crippen LogP contribution is -2.29. The summed E-state index contributed by atoms with van der Waals surface area (Å²) in [4.78, 5) is 21.6. The number of Topliss-reactive ketones (excluding diaryl/α,β-unsaturated/α-hetero) is 1. The minimum Gasteiger partial charge on any atom is -0.475 e. The number of benzene rings is 1. The molecule has 0 unspecified atom stereocenters. The van der Waals surface area contributed by atoms with Gasteiger partial charge in [-0.25, -0.2) is 4.79 Å². The van der Waals surface area contributed by atoms with Crippen molar-refractivity contribution in [2.45, 2.75) is 6.42 Å². The molecule has 4 heteroatoms. The highest BCUT2D eigenvalue weighted by molar-refractivity contribution is 6.39. The smallest absolute Gasteiger partial charge is 0.377 e. The summed E-state index contributed by atoms with van der Waals surface area (Å²) in [5.41, 5.74) is 1.33. The lowest BCUT2D eigenvalue weighted by molar-refractivity contribution is -0.131. The molecule has 1 heterocycles. The molecule has 1 aromatic carbocycles. The number of ketones is 1. The van der Waals surface area contributed by atoms with E-state index in [2.05, 4.69) is 0 Å². The van der Waals surface area contributed by atoms with E-state index in [4.69, 9.17) is 9.84 Å². The number of hydrogen-bond donors (Lipinski definition) is 1. The molecule has 0 atom stereocenters. The van der Waals surface area contributed by atoms with Crippen LogP contribution in [0.25, 0.3) is 0 Å². The van der Waals surface area contributed by atoms with E-state index in [1.54, 1.807) is 24.3 Å². The van der Waals surface area contributed by atoms with Crippen LogP contribution in [-0.2, 0) is 16.0 Å². The van der Waals surface area contributed by atoms with E-state index in [0.717, 1.165) is 25.2 Å². The first-order valence-corrected chi connectivity index (χ1v) is 5.11. The lowest BCUT2D eigenvalue weighted by Gasteiger charge is -2.25. The van der Waals surface area contributed by atoms with Crippen LogP contribution in [0.3, 0.4) is 0 Å². The third-order valence-electron chi connectivity index (χ3n) is 2.64. The van der Waals surface area contributed by atoms with Crippen LogP contribution < -0.4 is 0 Å². The number of carboxylic acid groups (broad SMARTS) is 1. The van der Waals surface area contributed by atoms with Crippen LogP contribution in [-0.4, -0.2) is 30.1 Å². The van der Waals surface area contributed by atoms with Gasteiger partial charge in [0, 0.05) is 11.5 Å².